The fourth-order valence-electron chi connectivity index (χ4n) is 0.905. The van der Waals surface area contributed by atoms with Crippen molar-refractivity contribution in [2.24, 2.45) is 0 Å². The largest absolute Gasteiger partial charge is 0.479 e. The van der Waals surface area contributed by atoms with Gasteiger partial charge in [-0.2, -0.15) is 11.3 Å². The van der Waals surface area contributed by atoms with Crippen LogP contribution in [-0.4, -0.2) is 29.4 Å². The molecule has 0 bridgehead atoms. The Bertz CT molecular complexity index is 257. The van der Waals surface area contributed by atoms with Crippen molar-refractivity contribution >= 4 is 17.3 Å². The predicted octanol–water partition coefficient (Wildman–Crippen LogP) is 0.883. The van der Waals surface area contributed by atoms with E-state index in [9.17, 15) is 4.79 Å². The molecule has 0 aliphatic rings. The van der Waals surface area contributed by atoms with Gasteiger partial charge in [-0.1, -0.05) is 0 Å². The molecule has 4 nitrogen and oxygen atoms in total. The quantitative estimate of drug-likeness (QED) is 0.744. The van der Waals surface area contributed by atoms with E-state index in [1.54, 1.807) is 16.8 Å². The van der Waals surface area contributed by atoms with Crippen molar-refractivity contribution in [3.8, 4) is 0 Å². The minimum atomic E-state index is -1.04. The van der Waals surface area contributed by atoms with E-state index in [-0.39, 0.29) is 13.2 Å². The maximum Gasteiger partial charge on any atom is 0.337 e. The average molecular weight is 202 g/mol. The van der Waals surface area contributed by atoms with Crippen LogP contribution in [0.25, 0.3) is 0 Å². The second kappa shape index (κ2) is 4.96. The van der Waals surface area contributed by atoms with Crippen LogP contribution in [0.1, 0.15) is 11.7 Å². The Morgan fingerprint density at radius 2 is 2.46 bits per heavy atom. The van der Waals surface area contributed by atoms with Gasteiger partial charge in [0.15, 0.2) is 6.10 Å². The summed E-state index contributed by atoms with van der Waals surface area (Å²) in [5, 5.41) is 20.8. The minimum Gasteiger partial charge on any atom is -0.479 e. The van der Waals surface area contributed by atoms with E-state index in [4.69, 9.17) is 14.9 Å². The summed E-state index contributed by atoms with van der Waals surface area (Å²) < 4.78 is 4.95. The number of aliphatic hydroxyl groups is 1. The van der Waals surface area contributed by atoms with Crippen LogP contribution in [0.3, 0.4) is 0 Å². The zero-order chi connectivity index (χ0) is 9.68. The van der Waals surface area contributed by atoms with Gasteiger partial charge in [0.1, 0.15) is 0 Å². The van der Waals surface area contributed by atoms with Crippen molar-refractivity contribution in [1.82, 2.24) is 0 Å². The number of aliphatic carboxylic acids is 1. The summed E-state index contributed by atoms with van der Waals surface area (Å²) >= 11 is 1.41. The molecule has 0 aromatic carbocycles. The van der Waals surface area contributed by atoms with Gasteiger partial charge in [0.05, 0.1) is 13.2 Å². The lowest BCUT2D eigenvalue weighted by molar-refractivity contribution is -0.151. The Labute approximate surface area is 79.4 Å². The standard InChI is InChI=1S/C8H10O4S/c9-2-3-12-7(8(10)11)6-1-4-13-5-6/h1,4-5,7,9H,2-3H2,(H,10,11). The fourth-order valence-corrected chi connectivity index (χ4v) is 1.58. The lowest BCUT2D eigenvalue weighted by atomic mass is 10.2. The third kappa shape index (κ3) is 2.80. The predicted molar refractivity (Wildman–Crippen MR) is 47.7 cm³/mol. The highest BCUT2D eigenvalue weighted by Crippen LogP contribution is 2.19. The number of hydrogen-bond donors (Lipinski definition) is 2. The van der Waals surface area contributed by atoms with Gasteiger partial charge in [0, 0.05) is 5.56 Å². The summed E-state index contributed by atoms with van der Waals surface area (Å²) in [5.41, 5.74) is 0.617. The first-order valence-electron chi connectivity index (χ1n) is 3.73. The lowest BCUT2D eigenvalue weighted by Crippen LogP contribution is -2.16. The van der Waals surface area contributed by atoms with E-state index in [0.29, 0.717) is 5.56 Å². The summed E-state index contributed by atoms with van der Waals surface area (Å²) in [6.07, 6.45) is -0.960. The monoisotopic (exact) mass is 202 g/mol. The van der Waals surface area contributed by atoms with Crippen LogP contribution in [0.4, 0.5) is 0 Å². The maximum absolute atomic E-state index is 10.7. The normalized spacial score (nSPS) is 12.7. The average Bonchev–Trinajstić information content (AvgIpc) is 2.57. The maximum atomic E-state index is 10.7. The number of carbonyl (C=O) groups is 1. The van der Waals surface area contributed by atoms with Crippen molar-refractivity contribution in [3.63, 3.8) is 0 Å². The highest BCUT2D eigenvalue weighted by Gasteiger charge is 2.20. The molecule has 1 aromatic heterocycles. The molecule has 13 heavy (non-hydrogen) atoms. The number of aliphatic hydroxyl groups excluding tert-OH is 1. The first-order valence-corrected chi connectivity index (χ1v) is 4.67. The number of carboxylic acid groups (broad SMARTS) is 1. The van der Waals surface area contributed by atoms with Crippen molar-refractivity contribution in [3.05, 3.63) is 22.4 Å². The summed E-state index contributed by atoms with van der Waals surface area (Å²) in [4.78, 5) is 10.7. The smallest absolute Gasteiger partial charge is 0.337 e. The van der Waals surface area contributed by atoms with E-state index < -0.39 is 12.1 Å². The molecule has 1 aromatic rings. The van der Waals surface area contributed by atoms with Crippen LogP contribution >= 0.6 is 11.3 Å². The minimum absolute atomic E-state index is 0.0345. The van der Waals surface area contributed by atoms with Crippen molar-refractivity contribution in [2.75, 3.05) is 13.2 Å². The summed E-state index contributed by atoms with van der Waals surface area (Å²) in [6.45, 7) is -0.138. The summed E-state index contributed by atoms with van der Waals surface area (Å²) in [6, 6.07) is 1.70. The molecule has 0 amide bonds. The van der Waals surface area contributed by atoms with Crippen LogP contribution in [0.5, 0.6) is 0 Å². The number of carboxylic acids is 1. The van der Waals surface area contributed by atoms with Crippen molar-refractivity contribution in [2.45, 2.75) is 6.10 Å². The van der Waals surface area contributed by atoms with E-state index >= 15 is 0 Å². The Balaban J connectivity index is 2.63. The number of rotatable bonds is 5. The Hall–Kier alpha value is -0.910. The molecule has 2 N–H and O–H groups in total. The second-order valence-electron chi connectivity index (χ2n) is 2.37. The highest BCUT2D eigenvalue weighted by atomic mass is 32.1. The van der Waals surface area contributed by atoms with Crippen LogP contribution in [-0.2, 0) is 9.53 Å². The number of ether oxygens (including phenoxy) is 1. The molecule has 0 saturated carbocycles. The molecule has 72 valence electrons. The third-order valence-electron chi connectivity index (χ3n) is 1.45. The molecule has 1 atom stereocenters. The van der Waals surface area contributed by atoms with E-state index in [2.05, 4.69) is 0 Å². The SMILES string of the molecule is O=C(O)C(OCCO)c1ccsc1. The molecule has 1 heterocycles. The summed E-state index contributed by atoms with van der Waals surface area (Å²) in [5.74, 6) is -1.04. The topological polar surface area (TPSA) is 66.8 Å². The van der Waals surface area contributed by atoms with E-state index in [1.807, 2.05) is 0 Å². The molecule has 0 aliphatic carbocycles. The van der Waals surface area contributed by atoms with Gasteiger partial charge in [-0.25, -0.2) is 4.79 Å². The van der Waals surface area contributed by atoms with Gasteiger partial charge in [-0.3, -0.25) is 0 Å². The first kappa shape index (κ1) is 10.2. The van der Waals surface area contributed by atoms with Crippen LogP contribution in [0.15, 0.2) is 16.8 Å². The molecular weight excluding hydrogens is 192 g/mol. The Morgan fingerprint density at radius 3 is 2.92 bits per heavy atom. The van der Waals surface area contributed by atoms with E-state index in [0.717, 1.165) is 0 Å². The first-order chi connectivity index (χ1) is 6.25. The number of hydrogen-bond acceptors (Lipinski definition) is 4. The van der Waals surface area contributed by atoms with Gasteiger partial charge in [-0.15, -0.1) is 0 Å². The second-order valence-corrected chi connectivity index (χ2v) is 3.15. The molecule has 0 saturated heterocycles. The van der Waals surface area contributed by atoms with Gasteiger partial charge in [-0.05, 0) is 16.8 Å². The fraction of sp³-hybridized carbons (Fsp3) is 0.375. The highest BCUT2D eigenvalue weighted by molar-refractivity contribution is 7.08. The van der Waals surface area contributed by atoms with Crippen LogP contribution in [0.2, 0.25) is 0 Å². The van der Waals surface area contributed by atoms with Gasteiger partial charge in [0.25, 0.3) is 0 Å². The third-order valence-corrected chi connectivity index (χ3v) is 2.15. The Morgan fingerprint density at radius 1 is 1.69 bits per heavy atom. The summed E-state index contributed by atoms with van der Waals surface area (Å²) in [7, 11) is 0. The molecule has 0 fully saturated rings. The lowest BCUT2D eigenvalue weighted by Gasteiger charge is -2.10. The molecule has 5 heteroatoms. The molecule has 0 aliphatic heterocycles. The molecule has 0 radical (unpaired) electrons. The van der Waals surface area contributed by atoms with Gasteiger partial charge >= 0.3 is 5.97 Å². The number of thiophene rings is 1. The van der Waals surface area contributed by atoms with E-state index in [1.165, 1.54) is 11.3 Å². The van der Waals surface area contributed by atoms with Gasteiger partial charge in [0.2, 0.25) is 0 Å². The van der Waals surface area contributed by atoms with Gasteiger partial charge < -0.3 is 14.9 Å². The van der Waals surface area contributed by atoms with Crippen molar-refractivity contribution in [1.29, 1.82) is 0 Å². The zero-order valence-electron chi connectivity index (χ0n) is 6.84. The molecular formula is C8H10O4S. The molecule has 0 spiro atoms. The Kier molecular flexibility index (Phi) is 3.88. The van der Waals surface area contributed by atoms with Crippen LogP contribution in [0, 0.1) is 0 Å². The van der Waals surface area contributed by atoms with Crippen LogP contribution < -0.4 is 0 Å². The molecule has 1 rings (SSSR count). The van der Waals surface area contributed by atoms with Crippen molar-refractivity contribution < 1.29 is 19.7 Å². The molecule has 1 unspecified atom stereocenters. The zero-order valence-corrected chi connectivity index (χ0v) is 7.66.